The van der Waals surface area contributed by atoms with Crippen molar-refractivity contribution < 1.29 is 9.53 Å². The standard InChI is InChI=1S/C8H7BrClIO2/c1-13-8(12)6-3-11-4-7(10)5(6)2-9/h3-4H,2H2,1H3. The van der Waals surface area contributed by atoms with Crippen LogP contribution in [0.5, 0.6) is 0 Å². The Morgan fingerprint density at radius 2 is 2.46 bits per heavy atom. The predicted molar refractivity (Wildman–Crippen MR) is 66.9 cm³/mol. The molecule has 13 heavy (non-hydrogen) atoms. The summed E-state index contributed by atoms with van der Waals surface area (Å²) in [5.41, 5.74) is 1.43. The molecule has 2 nitrogen and oxygen atoms in total. The molecule has 0 fully saturated rings. The number of hydrogen-bond donors (Lipinski definition) is 0. The Kier molecular flexibility index (Phi) is 4.61. The molecular weight excluding hydrogens is 370 g/mol. The molecule has 0 radical (unpaired) electrons. The summed E-state index contributed by atoms with van der Waals surface area (Å²) in [4.78, 5) is 11.3. The van der Waals surface area contributed by atoms with Crippen molar-refractivity contribution in [2.24, 2.45) is 0 Å². The van der Waals surface area contributed by atoms with Crippen LogP contribution >= 0.6 is 48.3 Å². The summed E-state index contributed by atoms with van der Waals surface area (Å²) in [6.45, 7) is 0. The Labute approximate surface area is 99.9 Å². The smallest absolute Gasteiger partial charge is 0.338 e. The van der Waals surface area contributed by atoms with Gasteiger partial charge in [-0.25, -0.2) is 4.79 Å². The number of rotatable bonds is 2. The number of alkyl halides is 1. The molecule has 1 aliphatic heterocycles. The van der Waals surface area contributed by atoms with Gasteiger partial charge in [0.15, 0.2) is 0 Å². The van der Waals surface area contributed by atoms with E-state index in [9.17, 15) is 4.79 Å². The molecule has 0 bridgehead atoms. The largest absolute Gasteiger partial charge is 0.465 e. The van der Waals surface area contributed by atoms with Gasteiger partial charge in [0.2, 0.25) is 0 Å². The Morgan fingerprint density at radius 1 is 1.77 bits per heavy atom. The molecule has 0 aromatic carbocycles. The molecule has 0 aromatic heterocycles. The lowest BCUT2D eigenvalue weighted by Gasteiger charge is -2.10. The summed E-state index contributed by atoms with van der Waals surface area (Å²) >= 11 is 9.00. The fraction of sp³-hybridized carbons (Fsp3) is 0.250. The lowest BCUT2D eigenvalue weighted by atomic mass is 10.1. The van der Waals surface area contributed by atoms with Crippen molar-refractivity contribution >= 4 is 58.2 Å². The monoisotopic (exact) mass is 376 g/mol. The van der Waals surface area contributed by atoms with Gasteiger partial charge in [0.1, 0.15) is 0 Å². The van der Waals surface area contributed by atoms with Gasteiger partial charge in [-0.15, -0.1) is 0 Å². The lowest BCUT2D eigenvalue weighted by Crippen LogP contribution is -2.10. The minimum Gasteiger partial charge on any atom is -0.465 e. The molecular formula is C8H7BrClIO2. The highest BCUT2D eigenvalue weighted by atomic mass is 127. The molecule has 1 aliphatic rings. The number of hydrogen-bond acceptors (Lipinski definition) is 2. The van der Waals surface area contributed by atoms with E-state index in [2.05, 4.69) is 20.7 Å². The van der Waals surface area contributed by atoms with E-state index in [1.54, 1.807) is 0 Å². The molecule has 0 N–H and O–H groups in total. The molecule has 0 atom stereocenters. The van der Waals surface area contributed by atoms with Crippen LogP contribution in [0, 0.1) is 0 Å². The van der Waals surface area contributed by atoms with Crippen molar-refractivity contribution in [2.75, 3.05) is 12.4 Å². The number of carbonyl (C=O) groups excluding carboxylic acids is 1. The first kappa shape index (κ1) is 11.4. The van der Waals surface area contributed by atoms with Crippen molar-refractivity contribution in [1.82, 2.24) is 0 Å². The highest BCUT2D eigenvalue weighted by molar-refractivity contribution is 14.2. The van der Waals surface area contributed by atoms with E-state index < -0.39 is 0 Å². The van der Waals surface area contributed by atoms with E-state index in [-0.39, 0.29) is 26.7 Å². The highest BCUT2D eigenvalue weighted by Crippen LogP contribution is 2.28. The van der Waals surface area contributed by atoms with E-state index in [0.717, 1.165) is 5.57 Å². The minimum atomic E-state index is -0.305. The molecule has 72 valence electrons. The maximum Gasteiger partial charge on any atom is 0.338 e. The topological polar surface area (TPSA) is 26.3 Å². The van der Waals surface area contributed by atoms with Gasteiger partial charge in [-0.2, -0.15) is 0 Å². The number of methoxy groups -OCH3 is 1. The Bertz CT molecular complexity index is 320. The lowest BCUT2D eigenvalue weighted by molar-refractivity contribution is -0.135. The van der Waals surface area contributed by atoms with Crippen LogP contribution in [-0.4, -0.2) is 22.4 Å². The highest BCUT2D eigenvalue weighted by Gasteiger charge is 2.17. The maximum absolute atomic E-state index is 11.3. The van der Waals surface area contributed by atoms with E-state index in [1.165, 1.54) is 7.11 Å². The van der Waals surface area contributed by atoms with E-state index in [0.29, 0.717) is 15.9 Å². The number of allylic oxidation sites excluding steroid dienone is 2. The first-order valence-corrected chi connectivity index (χ1v) is 7.38. The average Bonchev–Trinajstić information content (AvgIpc) is 2.16. The molecule has 1 rings (SSSR count). The average molecular weight is 377 g/mol. The van der Waals surface area contributed by atoms with Crippen LogP contribution in [0.3, 0.4) is 0 Å². The zero-order valence-corrected chi connectivity index (χ0v) is 11.3. The van der Waals surface area contributed by atoms with Crippen LogP contribution in [0.4, 0.5) is 0 Å². The molecule has 0 saturated carbocycles. The minimum absolute atomic E-state index is 0.237. The van der Waals surface area contributed by atoms with Gasteiger partial charge in [-0.1, -0.05) is 48.3 Å². The van der Waals surface area contributed by atoms with E-state index in [4.69, 9.17) is 11.6 Å². The quantitative estimate of drug-likeness (QED) is 0.420. The van der Waals surface area contributed by atoms with Crippen LogP contribution in [-0.2, 0) is 9.53 Å². The SMILES string of the molecule is COC(=O)C1=C(CBr)C(Cl)=CI=C1. The third-order valence-corrected chi connectivity index (χ3v) is 4.71. The van der Waals surface area contributed by atoms with E-state index >= 15 is 0 Å². The first-order valence-electron chi connectivity index (χ1n) is 3.39. The van der Waals surface area contributed by atoms with Crippen molar-refractivity contribution in [1.29, 1.82) is 0 Å². The summed E-state index contributed by atoms with van der Waals surface area (Å²) in [5, 5.41) is 1.25. The van der Waals surface area contributed by atoms with Crippen molar-refractivity contribution in [2.45, 2.75) is 0 Å². The number of ether oxygens (including phenoxy) is 1. The van der Waals surface area contributed by atoms with Crippen LogP contribution in [0.1, 0.15) is 0 Å². The zero-order chi connectivity index (χ0) is 9.84. The summed E-state index contributed by atoms with van der Waals surface area (Å²) in [6, 6.07) is 0. The fourth-order valence-electron chi connectivity index (χ4n) is 0.824. The zero-order valence-electron chi connectivity index (χ0n) is 6.81. The molecule has 0 amide bonds. The second-order valence-electron chi connectivity index (χ2n) is 2.21. The number of carbonyl (C=O) groups is 1. The number of esters is 1. The number of halogens is 3. The summed E-state index contributed by atoms with van der Waals surface area (Å²) in [5.74, 6) is -0.305. The van der Waals surface area contributed by atoms with Gasteiger partial charge < -0.3 is 4.74 Å². The van der Waals surface area contributed by atoms with Gasteiger partial charge in [-0.3, -0.25) is 0 Å². The second-order valence-corrected chi connectivity index (χ2v) is 5.14. The van der Waals surface area contributed by atoms with Crippen molar-refractivity contribution in [3.05, 3.63) is 20.3 Å². The Balaban J connectivity index is 3.11. The molecule has 5 heteroatoms. The normalized spacial score (nSPS) is 16.4. The molecule has 0 spiro atoms. The summed E-state index contributed by atoms with van der Waals surface area (Å²) in [7, 11) is 1.37. The fourth-order valence-corrected chi connectivity index (χ4v) is 3.94. The third kappa shape index (κ3) is 2.63. The van der Waals surface area contributed by atoms with Gasteiger partial charge in [0.25, 0.3) is 0 Å². The van der Waals surface area contributed by atoms with Crippen LogP contribution < -0.4 is 0 Å². The van der Waals surface area contributed by atoms with E-state index in [1.807, 2.05) is 8.09 Å². The Hall–Kier alpha value is 0.320. The van der Waals surface area contributed by atoms with Crippen molar-refractivity contribution in [3.8, 4) is 0 Å². The van der Waals surface area contributed by atoms with Crippen LogP contribution in [0.25, 0.3) is 0 Å². The molecule has 0 saturated heterocycles. The van der Waals surface area contributed by atoms with Gasteiger partial charge in [-0.05, 0) is 13.7 Å². The predicted octanol–water partition coefficient (Wildman–Crippen LogP) is 2.72. The van der Waals surface area contributed by atoms with Crippen molar-refractivity contribution in [3.63, 3.8) is 0 Å². The first-order chi connectivity index (χ1) is 6.20. The maximum atomic E-state index is 11.3. The summed E-state index contributed by atoms with van der Waals surface area (Å²) < 4.78 is 8.55. The van der Waals surface area contributed by atoms with Gasteiger partial charge in [0, 0.05) is 5.33 Å². The van der Waals surface area contributed by atoms with Gasteiger partial charge in [0.05, 0.1) is 17.7 Å². The third-order valence-electron chi connectivity index (χ3n) is 1.48. The molecule has 0 aliphatic carbocycles. The summed E-state index contributed by atoms with van der Waals surface area (Å²) in [6.07, 6.45) is 0. The van der Waals surface area contributed by atoms with Crippen LogP contribution in [0.2, 0.25) is 0 Å². The molecule has 0 unspecified atom stereocenters. The second kappa shape index (κ2) is 5.26. The Morgan fingerprint density at radius 3 is 3.00 bits per heavy atom. The van der Waals surface area contributed by atoms with Crippen LogP contribution in [0.15, 0.2) is 20.3 Å². The molecule has 0 aromatic rings. The van der Waals surface area contributed by atoms with Gasteiger partial charge >= 0.3 is 5.97 Å². The molecule has 1 heterocycles.